The third-order valence-electron chi connectivity index (χ3n) is 4.18. The Hall–Kier alpha value is -0.910. The maximum atomic E-state index is 11.9. The van der Waals surface area contributed by atoms with Crippen LogP contribution in [0.5, 0.6) is 0 Å². The normalized spacial score (nSPS) is 22.7. The van der Waals surface area contributed by atoms with Gasteiger partial charge in [-0.25, -0.2) is 4.79 Å². The van der Waals surface area contributed by atoms with Crippen LogP contribution >= 0.6 is 11.8 Å². The number of hydrogen-bond donors (Lipinski definition) is 2. The van der Waals surface area contributed by atoms with Gasteiger partial charge in [-0.3, -0.25) is 4.79 Å². The van der Waals surface area contributed by atoms with Crippen molar-refractivity contribution in [2.45, 2.75) is 19.8 Å². The van der Waals surface area contributed by atoms with E-state index in [-0.39, 0.29) is 17.9 Å². The molecule has 0 aromatic rings. The quantitative estimate of drug-likeness (QED) is 0.821. The van der Waals surface area contributed by atoms with Crippen molar-refractivity contribution in [3.63, 3.8) is 0 Å². The van der Waals surface area contributed by atoms with Gasteiger partial charge in [-0.15, -0.1) is 0 Å². The molecule has 2 fully saturated rings. The lowest BCUT2D eigenvalue weighted by molar-refractivity contribution is -0.144. The van der Waals surface area contributed by atoms with Crippen molar-refractivity contribution in [3.8, 4) is 0 Å². The Balaban J connectivity index is 1.64. The minimum Gasteiger partial charge on any atom is -0.481 e. The molecule has 0 radical (unpaired) electrons. The molecule has 0 spiro atoms. The highest BCUT2D eigenvalue weighted by molar-refractivity contribution is 7.99. The number of nitrogens with zero attached hydrogens (tertiary/aromatic N) is 1. The van der Waals surface area contributed by atoms with Gasteiger partial charge in [-0.05, 0) is 30.3 Å². The van der Waals surface area contributed by atoms with Crippen LogP contribution in [0.25, 0.3) is 0 Å². The Morgan fingerprint density at radius 1 is 1.37 bits per heavy atom. The second-order valence-electron chi connectivity index (χ2n) is 5.53. The lowest BCUT2D eigenvalue weighted by atomic mass is 9.87. The highest BCUT2D eigenvalue weighted by Gasteiger charge is 2.37. The van der Waals surface area contributed by atoms with E-state index >= 15 is 0 Å². The fraction of sp³-hybridized carbons (Fsp3) is 0.846. The summed E-state index contributed by atoms with van der Waals surface area (Å²) in [5, 5.41) is 11.9. The zero-order valence-electron chi connectivity index (χ0n) is 11.3. The first-order valence-electron chi connectivity index (χ1n) is 6.91. The lowest BCUT2D eigenvalue weighted by Crippen LogP contribution is -2.56. The number of carbonyl (C=O) groups excluding carboxylic acids is 1. The van der Waals surface area contributed by atoms with E-state index in [0.29, 0.717) is 19.0 Å². The van der Waals surface area contributed by atoms with Gasteiger partial charge in [0.25, 0.3) is 0 Å². The fourth-order valence-electron chi connectivity index (χ4n) is 2.49. The zero-order valence-corrected chi connectivity index (χ0v) is 12.1. The maximum Gasteiger partial charge on any atom is 0.317 e. The highest BCUT2D eigenvalue weighted by atomic mass is 32.2. The van der Waals surface area contributed by atoms with Crippen LogP contribution in [0.3, 0.4) is 0 Å². The van der Waals surface area contributed by atoms with E-state index < -0.39 is 5.97 Å². The topological polar surface area (TPSA) is 69.6 Å². The first-order valence-corrected chi connectivity index (χ1v) is 8.06. The van der Waals surface area contributed by atoms with Gasteiger partial charge in [0, 0.05) is 25.6 Å². The number of rotatable bonds is 4. The van der Waals surface area contributed by atoms with E-state index in [4.69, 9.17) is 5.11 Å². The molecule has 5 nitrogen and oxygen atoms in total. The SMILES string of the molecule is CC(C(=O)O)C1CN(C(=O)NCC2CCSCC2)C1. The minimum atomic E-state index is -0.773. The standard InChI is InChI=1S/C13H22N2O3S/c1-9(12(16)17)11-7-15(8-11)13(18)14-6-10-2-4-19-5-3-10/h9-11H,2-8H2,1H3,(H,14,18)(H,16,17). The summed E-state index contributed by atoms with van der Waals surface area (Å²) in [5.41, 5.74) is 0. The van der Waals surface area contributed by atoms with Gasteiger partial charge in [-0.1, -0.05) is 6.92 Å². The molecule has 2 rings (SSSR count). The number of thioether (sulfide) groups is 1. The summed E-state index contributed by atoms with van der Waals surface area (Å²) in [4.78, 5) is 24.4. The molecular weight excluding hydrogens is 264 g/mol. The number of hydrogen-bond acceptors (Lipinski definition) is 3. The minimum absolute atomic E-state index is 0.0351. The molecule has 0 saturated carbocycles. The molecule has 2 saturated heterocycles. The Morgan fingerprint density at radius 3 is 2.58 bits per heavy atom. The molecule has 0 bridgehead atoms. The summed E-state index contributed by atoms with van der Waals surface area (Å²) >= 11 is 1.98. The Labute approximate surface area is 118 Å². The van der Waals surface area contributed by atoms with E-state index in [9.17, 15) is 9.59 Å². The van der Waals surface area contributed by atoms with Gasteiger partial charge < -0.3 is 15.3 Å². The van der Waals surface area contributed by atoms with E-state index in [2.05, 4.69) is 5.32 Å². The Morgan fingerprint density at radius 2 is 2.00 bits per heavy atom. The third-order valence-corrected chi connectivity index (χ3v) is 5.23. The van der Waals surface area contributed by atoms with Gasteiger partial charge in [0.05, 0.1) is 5.92 Å². The summed E-state index contributed by atoms with van der Waals surface area (Å²) in [6.45, 7) is 3.61. The molecule has 0 aromatic carbocycles. The molecule has 6 heteroatoms. The molecule has 2 heterocycles. The van der Waals surface area contributed by atoms with Crippen molar-refractivity contribution in [1.29, 1.82) is 0 Å². The second-order valence-corrected chi connectivity index (χ2v) is 6.76. The van der Waals surface area contributed by atoms with Gasteiger partial charge in [0.1, 0.15) is 0 Å². The Bertz CT molecular complexity index is 339. The van der Waals surface area contributed by atoms with Crippen LogP contribution in [0.1, 0.15) is 19.8 Å². The van der Waals surface area contributed by atoms with E-state index in [1.165, 1.54) is 24.3 Å². The van der Waals surface area contributed by atoms with Crippen LogP contribution in [0.2, 0.25) is 0 Å². The molecule has 1 unspecified atom stereocenters. The van der Waals surface area contributed by atoms with Crippen LogP contribution < -0.4 is 5.32 Å². The maximum absolute atomic E-state index is 11.9. The number of carboxylic acid groups (broad SMARTS) is 1. The fourth-order valence-corrected chi connectivity index (χ4v) is 3.69. The highest BCUT2D eigenvalue weighted by Crippen LogP contribution is 2.25. The van der Waals surface area contributed by atoms with Crippen molar-refractivity contribution in [3.05, 3.63) is 0 Å². The van der Waals surface area contributed by atoms with Gasteiger partial charge in [0.15, 0.2) is 0 Å². The third kappa shape index (κ3) is 3.78. The molecule has 0 aliphatic carbocycles. The molecule has 2 N–H and O–H groups in total. The number of amides is 2. The average molecular weight is 286 g/mol. The van der Waals surface area contributed by atoms with Crippen molar-refractivity contribution in [2.75, 3.05) is 31.1 Å². The summed E-state index contributed by atoms with van der Waals surface area (Å²) in [5.74, 6) is 1.98. The summed E-state index contributed by atoms with van der Waals surface area (Å²) < 4.78 is 0. The average Bonchev–Trinajstić information content (AvgIpc) is 2.35. The smallest absolute Gasteiger partial charge is 0.317 e. The van der Waals surface area contributed by atoms with Crippen LogP contribution in [0.4, 0.5) is 4.79 Å². The Kier molecular flexibility index (Phi) is 4.96. The molecule has 2 aliphatic rings. The lowest BCUT2D eigenvalue weighted by Gasteiger charge is -2.41. The number of likely N-dealkylation sites (tertiary alicyclic amines) is 1. The summed E-state index contributed by atoms with van der Waals surface area (Å²) in [6, 6.07) is -0.0351. The largest absolute Gasteiger partial charge is 0.481 e. The summed E-state index contributed by atoms with van der Waals surface area (Å²) in [7, 11) is 0. The first kappa shape index (κ1) is 14.5. The molecule has 2 aliphatic heterocycles. The van der Waals surface area contributed by atoms with Gasteiger partial charge in [0.2, 0.25) is 0 Å². The van der Waals surface area contributed by atoms with E-state index in [1.54, 1.807) is 11.8 Å². The van der Waals surface area contributed by atoms with Crippen molar-refractivity contribution in [1.82, 2.24) is 10.2 Å². The number of aliphatic carboxylic acids is 1. The monoisotopic (exact) mass is 286 g/mol. The predicted molar refractivity (Wildman–Crippen MR) is 75.3 cm³/mol. The summed E-state index contributed by atoms with van der Waals surface area (Å²) in [6.07, 6.45) is 2.37. The number of carboxylic acids is 1. The molecular formula is C13H22N2O3S. The van der Waals surface area contributed by atoms with Crippen LogP contribution in [-0.4, -0.2) is 53.1 Å². The van der Waals surface area contributed by atoms with E-state index in [0.717, 1.165) is 6.54 Å². The first-order chi connectivity index (χ1) is 9.08. The van der Waals surface area contributed by atoms with Crippen molar-refractivity contribution >= 4 is 23.8 Å². The number of nitrogens with one attached hydrogen (secondary N) is 1. The second kappa shape index (κ2) is 6.50. The number of carbonyl (C=O) groups is 2. The van der Waals surface area contributed by atoms with Crippen LogP contribution in [0, 0.1) is 17.8 Å². The zero-order chi connectivity index (χ0) is 13.8. The molecule has 2 amide bonds. The molecule has 1 atom stereocenters. The molecule has 0 aromatic heterocycles. The van der Waals surface area contributed by atoms with Crippen molar-refractivity contribution < 1.29 is 14.7 Å². The molecule has 108 valence electrons. The molecule has 19 heavy (non-hydrogen) atoms. The van der Waals surface area contributed by atoms with Crippen molar-refractivity contribution in [2.24, 2.45) is 17.8 Å². The van der Waals surface area contributed by atoms with Gasteiger partial charge >= 0.3 is 12.0 Å². The number of urea groups is 1. The van der Waals surface area contributed by atoms with Crippen LogP contribution in [0.15, 0.2) is 0 Å². The van der Waals surface area contributed by atoms with Gasteiger partial charge in [-0.2, -0.15) is 11.8 Å². The van der Waals surface area contributed by atoms with E-state index in [1.807, 2.05) is 11.8 Å². The predicted octanol–water partition coefficient (Wildman–Crippen LogP) is 1.49. The van der Waals surface area contributed by atoms with Crippen LogP contribution in [-0.2, 0) is 4.79 Å².